The molecule has 0 aliphatic carbocycles. The number of halogens is 2. The topological polar surface area (TPSA) is 79.8 Å². The number of hydrogen-bond donors (Lipinski definition) is 2. The maximum absolute atomic E-state index is 12.1. The molecule has 0 aliphatic rings. The molecule has 0 fully saturated rings. The molecule has 0 radical (unpaired) electrons. The van der Waals surface area contributed by atoms with Crippen molar-refractivity contribution in [3.8, 4) is 5.75 Å². The van der Waals surface area contributed by atoms with E-state index in [9.17, 15) is 9.59 Å². The summed E-state index contributed by atoms with van der Waals surface area (Å²) in [6.45, 7) is 1.77. The SMILES string of the molecule is Cc1cccc(NC(=O)COc2ccc(/C=N/NC(=O)c3ccc(Br)cc3)cc2Cl)c1. The Balaban J connectivity index is 1.52. The van der Waals surface area contributed by atoms with E-state index >= 15 is 0 Å². The molecule has 0 atom stereocenters. The van der Waals surface area contributed by atoms with Crippen LogP contribution in [0.1, 0.15) is 21.5 Å². The van der Waals surface area contributed by atoms with Gasteiger partial charge in [0.2, 0.25) is 0 Å². The zero-order valence-electron chi connectivity index (χ0n) is 16.6. The van der Waals surface area contributed by atoms with Gasteiger partial charge in [-0.2, -0.15) is 5.10 Å². The van der Waals surface area contributed by atoms with Crippen LogP contribution in [0.2, 0.25) is 5.02 Å². The lowest BCUT2D eigenvalue weighted by Gasteiger charge is -2.09. The number of anilines is 1. The normalized spacial score (nSPS) is 10.7. The van der Waals surface area contributed by atoms with E-state index in [1.165, 1.54) is 6.21 Å². The summed E-state index contributed by atoms with van der Waals surface area (Å²) in [7, 11) is 0. The van der Waals surface area contributed by atoms with Gasteiger partial charge in [0.15, 0.2) is 6.61 Å². The van der Waals surface area contributed by atoms with E-state index in [1.54, 1.807) is 42.5 Å². The number of aryl methyl sites for hydroxylation is 1. The van der Waals surface area contributed by atoms with Crippen LogP contribution >= 0.6 is 27.5 Å². The highest BCUT2D eigenvalue weighted by molar-refractivity contribution is 9.10. The molecule has 0 bridgehead atoms. The molecule has 158 valence electrons. The van der Waals surface area contributed by atoms with E-state index in [4.69, 9.17) is 16.3 Å². The number of benzene rings is 3. The van der Waals surface area contributed by atoms with Gasteiger partial charge in [-0.1, -0.05) is 39.7 Å². The highest BCUT2D eigenvalue weighted by atomic mass is 79.9. The molecule has 0 spiro atoms. The Bertz CT molecular complexity index is 1120. The monoisotopic (exact) mass is 499 g/mol. The molecule has 0 aromatic heterocycles. The largest absolute Gasteiger partial charge is 0.482 e. The third kappa shape index (κ3) is 6.94. The molecule has 3 aromatic carbocycles. The van der Waals surface area contributed by atoms with Crippen LogP contribution in [0.5, 0.6) is 5.75 Å². The zero-order chi connectivity index (χ0) is 22.2. The van der Waals surface area contributed by atoms with Crippen LogP contribution in [0.25, 0.3) is 0 Å². The van der Waals surface area contributed by atoms with Crippen molar-refractivity contribution in [2.75, 3.05) is 11.9 Å². The molecule has 2 N–H and O–H groups in total. The van der Waals surface area contributed by atoms with Gasteiger partial charge in [0.25, 0.3) is 11.8 Å². The van der Waals surface area contributed by atoms with E-state index in [0.717, 1.165) is 10.0 Å². The summed E-state index contributed by atoms with van der Waals surface area (Å²) in [5, 5.41) is 7.03. The number of hydrazone groups is 1. The highest BCUT2D eigenvalue weighted by Gasteiger charge is 2.08. The minimum absolute atomic E-state index is 0.176. The molecule has 8 heteroatoms. The van der Waals surface area contributed by atoms with Gasteiger partial charge in [-0.25, -0.2) is 5.43 Å². The lowest BCUT2D eigenvalue weighted by atomic mass is 10.2. The Morgan fingerprint density at radius 2 is 1.87 bits per heavy atom. The average molecular weight is 501 g/mol. The first-order valence-electron chi connectivity index (χ1n) is 9.28. The molecule has 0 aliphatic heterocycles. The highest BCUT2D eigenvalue weighted by Crippen LogP contribution is 2.25. The summed E-state index contributed by atoms with van der Waals surface area (Å²) in [6.07, 6.45) is 1.47. The molecule has 2 amide bonds. The van der Waals surface area contributed by atoms with E-state index in [-0.39, 0.29) is 18.4 Å². The van der Waals surface area contributed by atoms with Crippen molar-refractivity contribution >= 4 is 51.2 Å². The van der Waals surface area contributed by atoms with E-state index in [0.29, 0.717) is 27.6 Å². The fourth-order valence-electron chi connectivity index (χ4n) is 2.61. The quantitative estimate of drug-likeness (QED) is 0.346. The Hall–Kier alpha value is -3.16. The van der Waals surface area contributed by atoms with Crippen molar-refractivity contribution in [3.63, 3.8) is 0 Å². The lowest BCUT2D eigenvalue weighted by molar-refractivity contribution is -0.118. The lowest BCUT2D eigenvalue weighted by Crippen LogP contribution is -2.20. The summed E-state index contributed by atoms with van der Waals surface area (Å²) < 4.78 is 6.39. The minimum atomic E-state index is -0.325. The summed E-state index contributed by atoms with van der Waals surface area (Å²) in [5.41, 5.74) is 5.37. The van der Waals surface area contributed by atoms with Crippen molar-refractivity contribution in [2.45, 2.75) is 6.92 Å². The molecule has 0 unspecified atom stereocenters. The van der Waals surface area contributed by atoms with Gasteiger partial charge >= 0.3 is 0 Å². The van der Waals surface area contributed by atoms with Gasteiger partial charge in [0.1, 0.15) is 5.75 Å². The first kappa shape index (κ1) is 22.5. The molecule has 0 saturated heterocycles. The third-order valence-corrected chi connectivity index (χ3v) is 4.93. The van der Waals surface area contributed by atoms with Crippen molar-refractivity contribution in [3.05, 3.63) is 92.9 Å². The molecule has 0 saturated carbocycles. The maximum atomic E-state index is 12.1. The van der Waals surface area contributed by atoms with Crippen molar-refractivity contribution < 1.29 is 14.3 Å². The summed E-state index contributed by atoms with van der Waals surface area (Å²) in [4.78, 5) is 24.1. The smallest absolute Gasteiger partial charge is 0.271 e. The molecule has 6 nitrogen and oxygen atoms in total. The second kappa shape index (κ2) is 10.7. The predicted molar refractivity (Wildman–Crippen MR) is 126 cm³/mol. The van der Waals surface area contributed by atoms with Crippen LogP contribution in [0.15, 0.2) is 76.3 Å². The first-order chi connectivity index (χ1) is 14.9. The standard InChI is InChI=1S/C23H19BrClN3O3/c1-15-3-2-4-19(11-15)27-22(29)14-31-21-10-5-16(12-20(21)25)13-26-28-23(30)17-6-8-18(24)9-7-17/h2-13H,14H2,1H3,(H,27,29)(H,28,30)/b26-13+. The average Bonchev–Trinajstić information content (AvgIpc) is 2.73. The molecule has 3 aromatic rings. The van der Waals surface area contributed by atoms with Crippen LogP contribution in [0, 0.1) is 6.92 Å². The van der Waals surface area contributed by atoms with Crippen LogP contribution < -0.4 is 15.5 Å². The fraction of sp³-hybridized carbons (Fsp3) is 0.0870. The Kier molecular flexibility index (Phi) is 7.81. The van der Waals surface area contributed by atoms with Gasteiger partial charge in [0, 0.05) is 15.7 Å². The summed E-state index contributed by atoms with van der Waals surface area (Å²) >= 11 is 9.56. The van der Waals surface area contributed by atoms with Crippen LogP contribution in [0.3, 0.4) is 0 Å². The van der Waals surface area contributed by atoms with Crippen molar-refractivity contribution in [2.24, 2.45) is 5.10 Å². The van der Waals surface area contributed by atoms with E-state index in [2.05, 4.69) is 31.8 Å². The van der Waals surface area contributed by atoms with E-state index in [1.807, 2.05) is 31.2 Å². The van der Waals surface area contributed by atoms with E-state index < -0.39 is 0 Å². The molecule has 0 heterocycles. The van der Waals surface area contributed by atoms with Crippen molar-refractivity contribution in [1.29, 1.82) is 0 Å². The second-order valence-corrected chi connectivity index (χ2v) is 7.93. The number of rotatable bonds is 7. The summed E-state index contributed by atoms with van der Waals surface area (Å²) in [6, 6.07) is 19.4. The molecular weight excluding hydrogens is 482 g/mol. The van der Waals surface area contributed by atoms with Crippen LogP contribution in [0.4, 0.5) is 5.69 Å². The third-order valence-electron chi connectivity index (χ3n) is 4.10. The second-order valence-electron chi connectivity index (χ2n) is 6.60. The maximum Gasteiger partial charge on any atom is 0.271 e. The van der Waals surface area contributed by atoms with Gasteiger partial charge in [-0.05, 0) is 72.6 Å². The van der Waals surface area contributed by atoms with Crippen LogP contribution in [-0.4, -0.2) is 24.6 Å². The molecular formula is C23H19BrClN3O3. The van der Waals surface area contributed by atoms with Gasteiger partial charge < -0.3 is 10.1 Å². The minimum Gasteiger partial charge on any atom is -0.482 e. The zero-order valence-corrected chi connectivity index (χ0v) is 18.9. The number of carbonyl (C=O) groups is 2. The van der Waals surface area contributed by atoms with Gasteiger partial charge in [0.05, 0.1) is 11.2 Å². The fourth-order valence-corrected chi connectivity index (χ4v) is 3.12. The number of hydrogen-bond acceptors (Lipinski definition) is 4. The Labute approximate surface area is 193 Å². The number of amides is 2. The molecule has 31 heavy (non-hydrogen) atoms. The van der Waals surface area contributed by atoms with Gasteiger partial charge in [-0.15, -0.1) is 0 Å². The Morgan fingerprint density at radius 3 is 2.58 bits per heavy atom. The van der Waals surface area contributed by atoms with Gasteiger partial charge in [-0.3, -0.25) is 9.59 Å². The predicted octanol–water partition coefficient (Wildman–Crippen LogP) is 5.19. The number of nitrogens with one attached hydrogen (secondary N) is 2. The van der Waals surface area contributed by atoms with Crippen LogP contribution in [-0.2, 0) is 4.79 Å². The first-order valence-corrected chi connectivity index (χ1v) is 10.5. The summed E-state index contributed by atoms with van der Waals surface area (Å²) in [5.74, 6) is -0.241. The molecule has 3 rings (SSSR count). The Morgan fingerprint density at radius 1 is 1.10 bits per heavy atom. The number of nitrogens with zero attached hydrogens (tertiary/aromatic N) is 1. The number of ether oxygens (including phenoxy) is 1. The van der Waals surface area contributed by atoms with Crippen molar-refractivity contribution in [1.82, 2.24) is 5.43 Å². The number of carbonyl (C=O) groups excluding carboxylic acids is 2.